The van der Waals surface area contributed by atoms with Crippen LogP contribution in [0.2, 0.25) is 0 Å². The van der Waals surface area contributed by atoms with Gasteiger partial charge in [-0.1, -0.05) is 0 Å². The Morgan fingerprint density at radius 3 is 2.46 bits per heavy atom. The van der Waals surface area contributed by atoms with Gasteiger partial charge >= 0.3 is 0 Å². The zero-order chi connectivity index (χ0) is 10.2. The topological polar surface area (TPSA) is 93.3 Å². The molecule has 0 bridgehead atoms. The fraction of sp³-hybridized carbons (Fsp3) is 0.286. The molecule has 0 fully saturated rings. The summed E-state index contributed by atoms with van der Waals surface area (Å²) >= 11 is 0. The van der Waals surface area contributed by atoms with Crippen molar-refractivity contribution in [2.75, 3.05) is 5.73 Å². The molecule has 1 heterocycles. The summed E-state index contributed by atoms with van der Waals surface area (Å²) in [5, 5.41) is 0. The van der Waals surface area contributed by atoms with Gasteiger partial charge in [-0.2, -0.15) is 8.42 Å². The van der Waals surface area contributed by atoms with E-state index >= 15 is 0 Å². The van der Waals surface area contributed by atoms with Crippen molar-refractivity contribution < 1.29 is 13.0 Å². The van der Waals surface area contributed by atoms with Crippen molar-refractivity contribution in [2.24, 2.45) is 0 Å². The molecule has 1 aromatic heterocycles. The molecule has 1 aromatic rings. The van der Waals surface area contributed by atoms with Gasteiger partial charge in [0.15, 0.2) is 0 Å². The van der Waals surface area contributed by atoms with Crippen LogP contribution in [0.1, 0.15) is 11.4 Å². The molecule has 1 rings (SSSR count). The molecule has 0 saturated heterocycles. The Morgan fingerprint density at radius 2 is 2.00 bits per heavy atom. The highest BCUT2D eigenvalue weighted by Crippen LogP contribution is 2.20. The number of hydrogen-bond acceptors (Lipinski definition) is 4. The predicted molar refractivity (Wildman–Crippen MR) is 47.9 cm³/mol. The van der Waals surface area contributed by atoms with E-state index in [2.05, 4.69) is 4.98 Å². The molecule has 0 atom stereocenters. The van der Waals surface area contributed by atoms with Gasteiger partial charge in [-0.15, -0.1) is 0 Å². The summed E-state index contributed by atoms with van der Waals surface area (Å²) in [4.78, 5) is 3.67. The summed E-state index contributed by atoms with van der Waals surface area (Å²) in [5.74, 6) is 0. The molecule has 0 aliphatic rings. The van der Waals surface area contributed by atoms with E-state index in [4.69, 9.17) is 10.3 Å². The Hall–Kier alpha value is -1.14. The quantitative estimate of drug-likeness (QED) is 0.648. The minimum atomic E-state index is -4.24. The van der Waals surface area contributed by atoms with E-state index in [1.54, 1.807) is 13.8 Å². The van der Waals surface area contributed by atoms with Gasteiger partial charge in [-0.25, -0.2) is 0 Å². The van der Waals surface area contributed by atoms with E-state index in [0.717, 1.165) is 0 Å². The normalized spacial score (nSPS) is 11.6. The monoisotopic (exact) mass is 202 g/mol. The summed E-state index contributed by atoms with van der Waals surface area (Å²) in [5.41, 5.74) is 6.32. The SMILES string of the molecule is Cc1cc(S(=O)(=O)O)c(N)c(C)n1. The van der Waals surface area contributed by atoms with Gasteiger partial charge in [0.1, 0.15) is 4.90 Å². The van der Waals surface area contributed by atoms with Gasteiger partial charge in [0, 0.05) is 5.69 Å². The Bertz CT molecular complexity index is 439. The van der Waals surface area contributed by atoms with Gasteiger partial charge in [0.05, 0.1) is 11.4 Å². The first-order valence-corrected chi connectivity index (χ1v) is 4.97. The number of nitrogens with two attached hydrogens (primary N) is 1. The first kappa shape index (κ1) is 9.94. The van der Waals surface area contributed by atoms with E-state index in [0.29, 0.717) is 11.4 Å². The molecule has 0 saturated carbocycles. The van der Waals surface area contributed by atoms with Gasteiger partial charge in [-0.05, 0) is 19.9 Å². The summed E-state index contributed by atoms with van der Waals surface area (Å²) in [6.07, 6.45) is 0. The first-order chi connectivity index (χ1) is 5.82. The lowest BCUT2D eigenvalue weighted by Gasteiger charge is -2.05. The van der Waals surface area contributed by atoms with Crippen LogP contribution < -0.4 is 5.73 Å². The molecule has 0 aromatic carbocycles. The number of hydrogen-bond donors (Lipinski definition) is 2. The lowest BCUT2D eigenvalue weighted by molar-refractivity contribution is 0.483. The van der Waals surface area contributed by atoms with Crippen molar-refractivity contribution in [3.05, 3.63) is 17.5 Å². The predicted octanol–water partition coefficient (Wildman–Crippen LogP) is 0.527. The van der Waals surface area contributed by atoms with Gasteiger partial charge in [0.2, 0.25) is 0 Å². The largest absolute Gasteiger partial charge is 0.396 e. The van der Waals surface area contributed by atoms with Crippen LogP contribution in [0.5, 0.6) is 0 Å². The Balaban J connectivity index is 3.56. The molecule has 13 heavy (non-hydrogen) atoms. The van der Waals surface area contributed by atoms with Crippen molar-refractivity contribution in [1.82, 2.24) is 4.98 Å². The van der Waals surface area contributed by atoms with Crippen LogP contribution in [0.3, 0.4) is 0 Å². The van der Waals surface area contributed by atoms with E-state index in [-0.39, 0.29) is 10.6 Å². The van der Waals surface area contributed by atoms with E-state index in [1.165, 1.54) is 6.07 Å². The Kier molecular flexibility index (Phi) is 2.27. The fourth-order valence-electron chi connectivity index (χ4n) is 1.02. The Morgan fingerprint density at radius 1 is 1.46 bits per heavy atom. The number of aromatic nitrogens is 1. The maximum absolute atomic E-state index is 10.8. The zero-order valence-electron chi connectivity index (χ0n) is 7.27. The number of rotatable bonds is 1. The summed E-state index contributed by atoms with van der Waals surface area (Å²) in [6, 6.07) is 1.23. The van der Waals surface area contributed by atoms with Crippen molar-refractivity contribution in [3.63, 3.8) is 0 Å². The van der Waals surface area contributed by atoms with Crippen LogP contribution in [0.4, 0.5) is 5.69 Å². The number of pyridine rings is 1. The van der Waals surface area contributed by atoms with Crippen LogP contribution in [0, 0.1) is 13.8 Å². The molecule has 5 nitrogen and oxygen atoms in total. The summed E-state index contributed by atoms with van der Waals surface area (Å²) < 4.78 is 30.4. The lowest BCUT2D eigenvalue weighted by Crippen LogP contribution is -2.06. The summed E-state index contributed by atoms with van der Waals surface area (Å²) in [7, 11) is -4.24. The van der Waals surface area contributed by atoms with Crippen LogP contribution in [0.15, 0.2) is 11.0 Å². The highest BCUT2D eigenvalue weighted by Gasteiger charge is 2.16. The molecule has 0 aliphatic heterocycles. The number of aryl methyl sites for hydroxylation is 2. The van der Waals surface area contributed by atoms with Crippen molar-refractivity contribution in [1.29, 1.82) is 0 Å². The first-order valence-electron chi connectivity index (χ1n) is 3.53. The third-order valence-corrected chi connectivity index (χ3v) is 2.51. The number of anilines is 1. The van der Waals surface area contributed by atoms with Crippen LogP contribution in [0.25, 0.3) is 0 Å². The summed E-state index contributed by atoms with van der Waals surface area (Å²) in [6.45, 7) is 3.21. The second kappa shape index (κ2) is 2.97. The van der Waals surface area contributed by atoms with Crippen LogP contribution >= 0.6 is 0 Å². The third kappa shape index (κ3) is 1.96. The van der Waals surface area contributed by atoms with Crippen LogP contribution in [-0.2, 0) is 10.1 Å². The van der Waals surface area contributed by atoms with Crippen molar-refractivity contribution >= 4 is 15.8 Å². The average Bonchev–Trinajstić information content (AvgIpc) is 1.94. The second-order valence-electron chi connectivity index (χ2n) is 2.74. The Labute approximate surface area is 76.3 Å². The molecule has 72 valence electrons. The minimum Gasteiger partial charge on any atom is -0.396 e. The van der Waals surface area contributed by atoms with Gasteiger partial charge in [-0.3, -0.25) is 9.54 Å². The molecule has 0 aliphatic carbocycles. The fourth-order valence-corrected chi connectivity index (χ4v) is 1.76. The smallest absolute Gasteiger partial charge is 0.296 e. The average molecular weight is 202 g/mol. The van der Waals surface area contributed by atoms with Crippen LogP contribution in [-0.4, -0.2) is 18.0 Å². The second-order valence-corrected chi connectivity index (χ2v) is 4.13. The van der Waals surface area contributed by atoms with E-state index < -0.39 is 10.1 Å². The van der Waals surface area contributed by atoms with Gasteiger partial charge in [0.25, 0.3) is 10.1 Å². The highest BCUT2D eigenvalue weighted by molar-refractivity contribution is 7.86. The third-order valence-electron chi connectivity index (χ3n) is 1.62. The minimum absolute atomic E-state index is 0.00639. The molecule has 0 radical (unpaired) electrons. The maximum atomic E-state index is 10.8. The molecule has 3 N–H and O–H groups in total. The van der Waals surface area contributed by atoms with E-state index in [9.17, 15) is 8.42 Å². The maximum Gasteiger partial charge on any atom is 0.296 e. The molecule has 0 spiro atoms. The van der Waals surface area contributed by atoms with Crippen molar-refractivity contribution in [2.45, 2.75) is 18.7 Å². The molecular formula is C7H10N2O3S. The standard InChI is InChI=1S/C7H10N2O3S/c1-4-3-6(13(10,11)12)7(8)5(2)9-4/h3H,8H2,1-2H3,(H,10,11,12). The van der Waals surface area contributed by atoms with Crippen molar-refractivity contribution in [3.8, 4) is 0 Å². The molecule has 6 heteroatoms. The highest BCUT2D eigenvalue weighted by atomic mass is 32.2. The lowest BCUT2D eigenvalue weighted by atomic mass is 10.3. The molecule has 0 unspecified atom stereocenters. The van der Waals surface area contributed by atoms with Gasteiger partial charge < -0.3 is 5.73 Å². The molecule has 0 amide bonds. The number of nitrogens with zero attached hydrogens (tertiary/aromatic N) is 1. The zero-order valence-corrected chi connectivity index (χ0v) is 8.09. The van der Waals surface area contributed by atoms with E-state index in [1.807, 2.05) is 0 Å². The number of nitrogen functional groups attached to an aromatic ring is 1. The molecular weight excluding hydrogens is 192 g/mol.